The van der Waals surface area contributed by atoms with Crippen molar-refractivity contribution in [1.82, 2.24) is 0 Å². The maximum Gasteiger partial charge on any atom is 0.166 e. The summed E-state index contributed by atoms with van der Waals surface area (Å²) < 4.78 is 5.74. The Morgan fingerprint density at radius 3 is 3.00 bits per heavy atom. The summed E-state index contributed by atoms with van der Waals surface area (Å²) in [4.78, 5) is 12.5. The van der Waals surface area contributed by atoms with Crippen molar-refractivity contribution in [3.63, 3.8) is 0 Å². The van der Waals surface area contributed by atoms with Gasteiger partial charge in [0, 0.05) is 6.42 Å². The van der Waals surface area contributed by atoms with Crippen molar-refractivity contribution in [3.8, 4) is 5.75 Å². The Bertz CT molecular complexity index is 464. The predicted octanol–water partition coefficient (Wildman–Crippen LogP) is 3.73. The highest BCUT2D eigenvalue weighted by Gasteiger charge is 2.22. The summed E-state index contributed by atoms with van der Waals surface area (Å²) in [7, 11) is 0. The molecule has 3 rings (SSSR count). The van der Waals surface area contributed by atoms with Crippen LogP contribution in [-0.4, -0.2) is 23.9 Å². The van der Waals surface area contributed by atoms with Crippen LogP contribution in [0.25, 0.3) is 0 Å². The number of ketones is 1. The second-order valence-electron chi connectivity index (χ2n) is 5.43. The highest BCUT2D eigenvalue weighted by molar-refractivity contribution is 7.99. The van der Waals surface area contributed by atoms with Crippen LogP contribution in [0.3, 0.4) is 0 Å². The molecule has 0 aromatic heterocycles. The van der Waals surface area contributed by atoms with Gasteiger partial charge in [0.05, 0.1) is 12.2 Å². The lowest BCUT2D eigenvalue weighted by Gasteiger charge is -2.23. The fraction of sp³-hybridized carbons (Fsp3) is 0.562. The predicted molar refractivity (Wildman–Crippen MR) is 79.3 cm³/mol. The number of hydrogen-bond acceptors (Lipinski definition) is 3. The maximum absolute atomic E-state index is 12.5. The first-order valence-corrected chi connectivity index (χ1v) is 8.35. The normalized spacial score (nSPS) is 19.6. The molecule has 1 aromatic carbocycles. The molecule has 0 saturated carbocycles. The smallest absolute Gasteiger partial charge is 0.166 e. The molecule has 0 bridgehead atoms. The number of hydrogen-bond donors (Lipinski definition) is 0. The number of carbonyl (C=O) groups is 1. The molecule has 102 valence electrons. The van der Waals surface area contributed by atoms with Crippen LogP contribution in [-0.2, 0) is 6.42 Å². The average Bonchev–Trinajstić information content (AvgIpc) is 2.47. The van der Waals surface area contributed by atoms with Gasteiger partial charge < -0.3 is 4.74 Å². The van der Waals surface area contributed by atoms with Crippen LogP contribution in [0.2, 0.25) is 0 Å². The molecule has 0 N–H and O–H groups in total. The Balaban J connectivity index is 1.75. The lowest BCUT2D eigenvalue weighted by Crippen LogP contribution is -2.17. The minimum absolute atomic E-state index is 0.274. The second-order valence-corrected chi connectivity index (χ2v) is 6.65. The van der Waals surface area contributed by atoms with Gasteiger partial charge in [0.25, 0.3) is 0 Å². The third kappa shape index (κ3) is 2.97. The van der Waals surface area contributed by atoms with Crippen molar-refractivity contribution in [2.24, 2.45) is 5.92 Å². The lowest BCUT2D eigenvalue weighted by atomic mass is 9.91. The van der Waals surface area contributed by atoms with Crippen LogP contribution in [0.15, 0.2) is 18.2 Å². The molecular formula is C16H20O2S. The average molecular weight is 276 g/mol. The van der Waals surface area contributed by atoms with Crippen molar-refractivity contribution < 1.29 is 9.53 Å². The van der Waals surface area contributed by atoms with E-state index >= 15 is 0 Å². The topological polar surface area (TPSA) is 26.3 Å². The summed E-state index contributed by atoms with van der Waals surface area (Å²) in [6.07, 6.45) is 5.17. The number of ether oxygens (including phenoxy) is 1. The Morgan fingerprint density at radius 2 is 2.16 bits per heavy atom. The number of para-hydroxylation sites is 1. The molecule has 0 radical (unpaired) electrons. The van der Waals surface area contributed by atoms with E-state index in [2.05, 4.69) is 6.07 Å². The number of fused-ring (bicyclic) bond motifs is 1. The van der Waals surface area contributed by atoms with Crippen LogP contribution < -0.4 is 4.74 Å². The van der Waals surface area contributed by atoms with Crippen LogP contribution in [0, 0.1) is 5.92 Å². The SMILES string of the molecule is O=C(CC1CCSCC1)c1cccc2c1OCCC2. The van der Waals surface area contributed by atoms with E-state index in [9.17, 15) is 4.79 Å². The number of rotatable bonds is 3. The first kappa shape index (κ1) is 13.0. The Labute approximate surface area is 118 Å². The summed E-state index contributed by atoms with van der Waals surface area (Å²) in [5.41, 5.74) is 2.02. The van der Waals surface area contributed by atoms with Gasteiger partial charge in [-0.1, -0.05) is 12.1 Å². The molecule has 0 aliphatic carbocycles. The van der Waals surface area contributed by atoms with E-state index in [1.165, 1.54) is 29.9 Å². The highest BCUT2D eigenvalue weighted by Crippen LogP contribution is 2.32. The van der Waals surface area contributed by atoms with Crippen molar-refractivity contribution in [1.29, 1.82) is 0 Å². The summed E-state index contributed by atoms with van der Waals surface area (Å²) >= 11 is 2.01. The van der Waals surface area contributed by atoms with Gasteiger partial charge in [-0.25, -0.2) is 0 Å². The number of Topliss-reactive ketones (excluding diaryl/α,β-unsaturated/α-hetero) is 1. The summed E-state index contributed by atoms with van der Waals surface area (Å²) in [6.45, 7) is 0.747. The van der Waals surface area contributed by atoms with Gasteiger partial charge in [0.1, 0.15) is 5.75 Å². The number of benzene rings is 1. The van der Waals surface area contributed by atoms with Crippen molar-refractivity contribution in [2.45, 2.75) is 32.1 Å². The molecule has 2 aliphatic rings. The zero-order chi connectivity index (χ0) is 13.1. The number of thioether (sulfide) groups is 1. The zero-order valence-electron chi connectivity index (χ0n) is 11.2. The molecule has 2 aliphatic heterocycles. The monoisotopic (exact) mass is 276 g/mol. The molecule has 3 heteroatoms. The van der Waals surface area contributed by atoms with E-state index in [4.69, 9.17) is 4.74 Å². The van der Waals surface area contributed by atoms with Gasteiger partial charge in [-0.2, -0.15) is 11.8 Å². The van der Waals surface area contributed by atoms with Crippen molar-refractivity contribution >= 4 is 17.5 Å². The third-order valence-corrected chi connectivity index (χ3v) is 5.10. The molecule has 19 heavy (non-hydrogen) atoms. The Morgan fingerprint density at radius 1 is 1.32 bits per heavy atom. The summed E-state index contributed by atoms with van der Waals surface area (Å²) in [5, 5.41) is 0. The van der Waals surface area contributed by atoms with Gasteiger partial charge in [-0.3, -0.25) is 4.79 Å². The Hall–Kier alpha value is -0.960. The first-order chi connectivity index (χ1) is 9.34. The van der Waals surface area contributed by atoms with Gasteiger partial charge in [0.2, 0.25) is 0 Å². The van der Waals surface area contributed by atoms with Gasteiger partial charge in [-0.05, 0) is 54.7 Å². The zero-order valence-corrected chi connectivity index (χ0v) is 12.0. The molecule has 0 spiro atoms. The molecular weight excluding hydrogens is 256 g/mol. The molecule has 1 aromatic rings. The minimum Gasteiger partial charge on any atom is -0.493 e. The fourth-order valence-corrected chi connectivity index (χ4v) is 4.14. The van der Waals surface area contributed by atoms with E-state index in [1.807, 2.05) is 23.9 Å². The van der Waals surface area contributed by atoms with Crippen LogP contribution in [0.4, 0.5) is 0 Å². The third-order valence-electron chi connectivity index (χ3n) is 4.05. The largest absolute Gasteiger partial charge is 0.493 e. The number of aryl methyl sites for hydroxylation is 1. The quantitative estimate of drug-likeness (QED) is 0.787. The summed E-state index contributed by atoms with van der Waals surface area (Å²) in [6, 6.07) is 6.02. The van der Waals surface area contributed by atoms with E-state index in [1.54, 1.807) is 0 Å². The molecule has 2 nitrogen and oxygen atoms in total. The van der Waals surface area contributed by atoms with E-state index < -0.39 is 0 Å². The van der Waals surface area contributed by atoms with Gasteiger partial charge in [-0.15, -0.1) is 0 Å². The van der Waals surface area contributed by atoms with Gasteiger partial charge >= 0.3 is 0 Å². The van der Waals surface area contributed by atoms with E-state index in [0.29, 0.717) is 12.3 Å². The van der Waals surface area contributed by atoms with Crippen molar-refractivity contribution in [2.75, 3.05) is 18.1 Å². The molecule has 1 saturated heterocycles. The number of carbonyl (C=O) groups excluding carboxylic acids is 1. The lowest BCUT2D eigenvalue weighted by molar-refractivity contribution is 0.0953. The molecule has 0 amide bonds. The first-order valence-electron chi connectivity index (χ1n) is 7.20. The van der Waals surface area contributed by atoms with E-state index in [0.717, 1.165) is 30.8 Å². The standard InChI is InChI=1S/C16H20O2S/c17-15(11-12-6-9-19-10-7-12)14-5-1-3-13-4-2-8-18-16(13)14/h1,3,5,12H,2,4,6-11H2. The molecule has 2 heterocycles. The molecule has 1 fully saturated rings. The molecule has 0 atom stereocenters. The minimum atomic E-state index is 0.274. The van der Waals surface area contributed by atoms with Crippen LogP contribution in [0.1, 0.15) is 41.6 Å². The van der Waals surface area contributed by atoms with E-state index in [-0.39, 0.29) is 5.78 Å². The Kier molecular flexibility index (Phi) is 4.12. The van der Waals surface area contributed by atoms with Crippen LogP contribution >= 0.6 is 11.8 Å². The second kappa shape index (κ2) is 6.00. The van der Waals surface area contributed by atoms with Crippen LogP contribution in [0.5, 0.6) is 5.75 Å². The van der Waals surface area contributed by atoms with Crippen molar-refractivity contribution in [3.05, 3.63) is 29.3 Å². The summed E-state index contributed by atoms with van der Waals surface area (Å²) in [5.74, 6) is 4.13. The fourth-order valence-electron chi connectivity index (χ4n) is 2.93. The van der Waals surface area contributed by atoms with Gasteiger partial charge in [0.15, 0.2) is 5.78 Å². The molecule has 0 unspecified atom stereocenters. The maximum atomic E-state index is 12.5. The highest BCUT2D eigenvalue weighted by atomic mass is 32.2.